The number of guanidine groups is 1. The van der Waals surface area contributed by atoms with Gasteiger partial charge in [0.05, 0.1) is 32.2 Å². The van der Waals surface area contributed by atoms with E-state index >= 15 is 0 Å². The van der Waals surface area contributed by atoms with E-state index in [4.69, 9.17) is 15.2 Å². The van der Waals surface area contributed by atoms with Crippen LogP contribution in [0.1, 0.15) is 44.4 Å². The van der Waals surface area contributed by atoms with Crippen LogP contribution in [0.5, 0.6) is 5.75 Å². The van der Waals surface area contributed by atoms with Crippen molar-refractivity contribution >= 4 is 23.6 Å². The molecule has 4 rings (SSSR count). The standard InChI is InChI=1S/C25H30N4O4/c1-16(2)25(3)13-22(30)29(23(26)27-25)14-17-8-7-9-18(12-17)28-15-21(33-24(28)31)19-10-5-6-11-20(19)32-4/h5-12,16,21H,13-15H2,1-4H3,(H2,26,27). The topological polar surface area (TPSA) is 97.5 Å². The van der Waals surface area contributed by atoms with Gasteiger partial charge in [-0.15, -0.1) is 0 Å². The molecule has 2 atom stereocenters. The van der Waals surface area contributed by atoms with Gasteiger partial charge in [-0.1, -0.05) is 44.2 Å². The molecule has 1 fully saturated rings. The first kappa shape index (κ1) is 22.6. The van der Waals surface area contributed by atoms with Crippen molar-refractivity contribution < 1.29 is 19.1 Å². The second kappa shape index (κ2) is 8.77. The number of cyclic esters (lactones) is 1. The Balaban J connectivity index is 1.53. The zero-order chi connectivity index (χ0) is 23.8. The number of nitrogens with zero attached hydrogens (tertiary/aromatic N) is 3. The minimum atomic E-state index is -0.494. The first-order valence-electron chi connectivity index (χ1n) is 11.1. The lowest BCUT2D eigenvalue weighted by Crippen LogP contribution is -2.51. The molecule has 8 nitrogen and oxygen atoms in total. The Kier molecular flexibility index (Phi) is 6.01. The van der Waals surface area contributed by atoms with Gasteiger partial charge in [-0.05, 0) is 36.6 Å². The summed E-state index contributed by atoms with van der Waals surface area (Å²) >= 11 is 0. The number of amides is 2. The highest BCUT2D eigenvalue weighted by Gasteiger charge is 2.39. The molecule has 33 heavy (non-hydrogen) atoms. The number of hydrogen-bond donors (Lipinski definition) is 1. The Hall–Kier alpha value is -3.55. The number of methoxy groups -OCH3 is 1. The zero-order valence-corrected chi connectivity index (χ0v) is 19.4. The monoisotopic (exact) mass is 450 g/mol. The summed E-state index contributed by atoms with van der Waals surface area (Å²) in [6.07, 6.45) is -0.548. The first-order chi connectivity index (χ1) is 15.7. The number of hydrogen-bond acceptors (Lipinski definition) is 6. The molecule has 2 aliphatic rings. The van der Waals surface area contributed by atoms with Gasteiger partial charge in [0.15, 0.2) is 12.1 Å². The Morgan fingerprint density at radius 2 is 1.97 bits per heavy atom. The van der Waals surface area contributed by atoms with Gasteiger partial charge in [0.1, 0.15) is 5.75 Å². The van der Waals surface area contributed by atoms with E-state index in [0.717, 1.165) is 11.1 Å². The molecule has 0 radical (unpaired) electrons. The average molecular weight is 451 g/mol. The fourth-order valence-corrected chi connectivity index (χ4v) is 4.17. The molecule has 0 aliphatic carbocycles. The van der Waals surface area contributed by atoms with Crippen molar-refractivity contribution in [3.8, 4) is 5.75 Å². The van der Waals surface area contributed by atoms with Crippen LogP contribution in [0.4, 0.5) is 10.5 Å². The van der Waals surface area contributed by atoms with Crippen LogP contribution in [0, 0.1) is 5.92 Å². The number of anilines is 1. The van der Waals surface area contributed by atoms with Crippen molar-refractivity contribution in [2.75, 3.05) is 18.6 Å². The Morgan fingerprint density at radius 3 is 2.67 bits per heavy atom. The van der Waals surface area contributed by atoms with Gasteiger partial charge in [0.2, 0.25) is 5.91 Å². The second-order valence-corrected chi connectivity index (χ2v) is 9.03. The molecule has 0 spiro atoms. The smallest absolute Gasteiger partial charge is 0.415 e. The van der Waals surface area contributed by atoms with Crippen LogP contribution in [0.15, 0.2) is 53.5 Å². The number of para-hydroxylation sites is 1. The van der Waals surface area contributed by atoms with Crippen molar-refractivity contribution in [1.29, 1.82) is 0 Å². The molecule has 2 unspecified atom stereocenters. The van der Waals surface area contributed by atoms with E-state index in [1.807, 2.05) is 69.3 Å². The molecule has 2 aromatic rings. The molecule has 0 saturated carbocycles. The summed E-state index contributed by atoms with van der Waals surface area (Å²) in [5.41, 5.74) is 8.05. The Morgan fingerprint density at radius 1 is 1.21 bits per heavy atom. The van der Waals surface area contributed by atoms with Gasteiger partial charge in [0, 0.05) is 11.3 Å². The number of aliphatic imine (C=N–C) groups is 1. The second-order valence-electron chi connectivity index (χ2n) is 9.03. The lowest BCUT2D eigenvalue weighted by atomic mass is 9.84. The summed E-state index contributed by atoms with van der Waals surface area (Å²) in [6, 6.07) is 15.0. The molecule has 1 saturated heterocycles. The lowest BCUT2D eigenvalue weighted by Gasteiger charge is -2.37. The maximum Gasteiger partial charge on any atom is 0.415 e. The third-order valence-electron chi connectivity index (χ3n) is 6.56. The molecular weight excluding hydrogens is 420 g/mol. The summed E-state index contributed by atoms with van der Waals surface area (Å²) in [7, 11) is 1.59. The highest BCUT2D eigenvalue weighted by atomic mass is 16.6. The SMILES string of the molecule is COc1ccccc1C1CN(c2cccc(CN3C(=O)CC(C)(C(C)C)N=C3N)c2)C(=O)O1. The van der Waals surface area contributed by atoms with Crippen molar-refractivity contribution in [3.63, 3.8) is 0 Å². The van der Waals surface area contributed by atoms with Crippen LogP contribution < -0.4 is 15.4 Å². The molecule has 2 aliphatic heterocycles. The highest BCUT2D eigenvalue weighted by molar-refractivity contribution is 5.99. The minimum absolute atomic E-state index is 0.0547. The van der Waals surface area contributed by atoms with Gasteiger partial charge in [0.25, 0.3) is 0 Å². The van der Waals surface area contributed by atoms with Crippen molar-refractivity contribution in [2.45, 2.75) is 45.4 Å². The summed E-state index contributed by atoms with van der Waals surface area (Å²) in [4.78, 5) is 33.2. The molecule has 174 valence electrons. The maximum atomic E-state index is 12.9. The largest absolute Gasteiger partial charge is 0.496 e. The molecular formula is C25H30N4O4. The predicted molar refractivity (Wildman–Crippen MR) is 126 cm³/mol. The third kappa shape index (κ3) is 4.37. The van der Waals surface area contributed by atoms with E-state index in [1.54, 1.807) is 12.0 Å². The maximum absolute atomic E-state index is 12.9. The lowest BCUT2D eigenvalue weighted by molar-refractivity contribution is -0.130. The summed E-state index contributed by atoms with van der Waals surface area (Å²) in [5.74, 6) is 1.05. The third-order valence-corrected chi connectivity index (χ3v) is 6.56. The van der Waals surface area contributed by atoms with E-state index in [0.29, 0.717) is 24.4 Å². The van der Waals surface area contributed by atoms with Gasteiger partial charge >= 0.3 is 6.09 Å². The molecule has 2 N–H and O–H groups in total. The van der Waals surface area contributed by atoms with Crippen molar-refractivity contribution in [3.05, 3.63) is 59.7 Å². The van der Waals surface area contributed by atoms with E-state index < -0.39 is 17.7 Å². The van der Waals surface area contributed by atoms with Crippen molar-refractivity contribution in [2.24, 2.45) is 16.6 Å². The van der Waals surface area contributed by atoms with Crippen LogP contribution in [0.3, 0.4) is 0 Å². The summed E-state index contributed by atoms with van der Waals surface area (Å²) in [5, 5.41) is 0. The van der Waals surface area contributed by atoms with Crippen LogP contribution in [-0.4, -0.2) is 42.1 Å². The van der Waals surface area contributed by atoms with Crippen LogP contribution >= 0.6 is 0 Å². The Bertz CT molecular complexity index is 1100. The molecule has 2 heterocycles. The molecule has 8 heteroatoms. The predicted octanol–water partition coefficient (Wildman–Crippen LogP) is 3.85. The van der Waals surface area contributed by atoms with Crippen LogP contribution in [0.25, 0.3) is 0 Å². The van der Waals surface area contributed by atoms with Gasteiger partial charge in [-0.3, -0.25) is 14.6 Å². The van der Waals surface area contributed by atoms with E-state index in [1.165, 1.54) is 4.90 Å². The molecule has 0 bridgehead atoms. The average Bonchev–Trinajstić information content (AvgIpc) is 3.18. The fourth-order valence-electron chi connectivity index (χ4n) is 4.17. The number of carbonyl (C=O) groups is 2. The first-order valence-corrected chi connectivity index (χ1v) is 11.1. The number of rotatable bonds is 6. The number of nitrogens with two attached hydrogens (primary N) is 1. The number of carbonyl (C=O) groups excluding carboxylic acids is 2. The van der Waals surface area contributed by atoms with Crippen LogP contribution in [-0.2, 0) is 16.1 Å². The van der Waals surface area contributed by atoms with Crippen LogP contribution in [0.2, 0.25) is 0 Å². The molecule has 2 amide bonds. The minimum Gasteiger partial charge on any atom is -0.496 e. The highest BCUT2D eigenvalue weighted by Crippen LogP contribution is 2.35. The van der Waals surface area contributed by atoms with Gasteiger partial charge in [-0.2, -0.15) is 0 Å². The van der Waals surface area contributed by atoms with E-state index in [2.05, 4.69) is 4.99 Å². The van der Waals surface area contributed by atoms with E-state index in [9.17, 15) is 9.59 Å². The quantitative estimate of drug-likeness (QED) is 0.721. The summed E-state index contributed by atoms with van der Waals surface area (Å²) < 4.78 is 11.0. The molecule has 0 aromatic heterocycles. The zero-order valence-electron chi connectivity index (χ0n) is 19.4. The fraction of sp³-hybridized carbons (Fsp3) is 0.400. The van der Waals surface area contributed by atoms with Gasteiger partial charge < -0.3 is 15.2 Å². The normalized spacial score (nSPS) is 23.1. The molecule has 2 aromatic carbocycles. The van der Waals surface area contributed by atoms with Crippen molar-refractivity contribution in [1.82, 2.24) is 4.90 Å². The Labute approximate surface area is 194 Å². The van der Waals surface area contributed by atoms with E-state index in [-0.39, 0.29) is 24.3 Å². The van der Waals surface area contributed by atoms with Gasteiger partial charge in [-0.25, -0.2) is 9.79 Å². The number of ether oxygens (including phenoxy) is 2. The summed E-state index contributed by atoms with van der Waals surface area (Å²) in [6.45, 7) is 6.68. The number of benzene rings is 2.